The Morgan fingerprint density at radius 2 is 2.00 bits per heavy atom. The molecule has 2 aromatic rings. The minimum Gasteiger partial charge on any atom is -0.382 e. The summed E-state index contributed by atoms with van der Waals surface area (Å²) in [5, 5.41) is 3.36. The first kappa shape index (κ1) is 18.4. The molecule has 1 N–H and O–H groups in total. The van der Waals surface area contributed by atoms with Gasteiger partial charge in [-0.05, 0) is 11.6 Å². The molecule has 1 aromatic heterocycles. The summed E-state index contributed by atoms with van der Waals surface area (Å²) in [7, 11) is 1.81. The first-order chi connectivity index (χ1) is 12.7. The lowest BCUT2D eigenvalue weighted by atomic mass is 10.2. The number of hydrogen-bond acceptors (Lipinski definition) is 5. The maximum absolute atomic E-state index is 12.7. The van der Waals surface area contributed by atoms with Crippen molar-refractivity contribution in [2.45, 2.75) is 6.54 Å². The van der Waals surface area contributed by atoms with Crippen molar-refractivity contribution >= 4 is 11.6 Å². The van der Waals surface area contributed by atoms with E-state index >= 15 is 0 Å². The number of nitrogens with one attached hydrogen (secondary N) is 1. The van der Waals surface area contributed by atoms with Gasteiger partial charge in [0.1, 0.15) is 0 Å². The molecule has 0 aliphatic carbocycles. The quantitative estimate of drug-likeness (QED) is 0.825. The predicted octanol–water partition coefficient (Wildman–Crippen LogP) is 2.10. The third-order valence-corrected chi connectivity index (χ3v) is 4.46. The summed E-state index contributed by atoms with van der Waals surface area (Å²) in [6.07, 6.45) is 3.38. The molecule has 1 aliphatic rings. The number of amides is 1. The second kappa shape index (κ2) is 9.31. The zero-order valence-electron chi connectivity index (χ0n) is 15.2. The van der Waals surface area contributed by atoms with Crippen LogP contribution in [0.3, 0.4) is 0 Å². The molecule has 3 rings (SSSR count). The SMILES string of the molecule is CN(Cc1ccccc1)C(=O)c1cncc(NCCN2CCOCC2)c1. The Balaban J connectivity index is 1.53. The van der Waals surface area contributed by atoms with Gasteiger partial charge in [-0.2, -0.15) is 0 Å². The van der Waals surface area contributed by atoms with Gasteiger partial charge in [0, 0.05) is 52.2 Å². The summed E-state index contributed by atoms with van der Waals surface area (Å²) >= 11 is 0. The van der Waals surface area contributed by atoms with Crippen LogP contribution in [-0.4, -0.2) is 67.1 Å². The van der Waals surface area contributed by atoms with Gasteiger partial charge >= 0.3 is 0 Å². The van der Waals surface area contributed by atoms with E-state index in [0.29, 0.717) is 12.1 Å². The van der Waals surface area contributed by atoms with Crippen molar-refractivity contribution in [1.29, 1.82) is 0 Å². The molecule has 6 nitrogen and oxygen atoms in total. The van der Waals surface area contributed by atoms with Crippen LogP contribution in [0.5, 0.6) is 0 Å². The largest absolute Gasteiger partial charge is 0.382 e. The van der Waals surface area contributed by atoms with Gasteiger partial charge in [-0.25, -0.2) is 0 Å². The number of nitrogens with zero attached hydrogens (tertiary/aromatic N) is 3. The van der Waals surface area contributed by atoms with E-state index in [-0.39, 0.29) is 5.91 Å². The van der Waals surface area contributed by atoms with Crippen LogP contribution < -0.4 is 5.32 Å². The highest BCUT2D eigenvalue weighted by molar-refractivity contribution is 5.94. The van der Waals surface area contributed by atoms with Gasteiger partial charge in [0.25, 0.3) is 5.91 Å². The van der Waals surface area contributed by atoms with Crippen molar-refractivity contribution in [2.75, 3.05) is 51.8 Å². The van der Waals surface area contributed by atoms with Crippen LogP contribution in [0.2, 0.25) is 0 Å². The molecule has 0 spiro atoms. The summed E-state index contributed by atoms with van der Waals surface area (Å²) in [6.45, 7) is 5.91. The Morgan fingerprint density at radius 3 is 2.77 bits per heavy atom. The summed E-state index contributed by atoms with van der Waals surface area (Å²) in [6, 6.07) is 11.8. The number of rotatable bonds is 7. The van der Waals surface area contributed by atoms with E-state index in [2.05, 4.69) is 15.2 Å². The Bertz CT molecular complexity index is 702. The second-order valence-electron chi connectivity index (χ2n) is 6.49. The molecule has 0 radical (unpaired) electrons. The minimum absolute atomic E-state index is 0.0295. The first-order valence-electron chi connectivity index (χ1n) is 9.01. The molecule has 0 saturated carbocycles. The number of carbonyl (C=O) groups is 1. The van der Waals surface area contributed by atoms with Crippen LogP contribution in [0.25, 0.3) is 0 Å². The van der Waals surface area contributed by atoms with Gasteiger partial charge in [-0.1, -0.05) is 30.3 Å². The van der Waals surface area contributed by atoms with Gasteiger partial charge in [0.2, 0.25) is 0 Å². The summed E-state index contributed by atoms with van der Waals surface area (Å²) < 4.78 is 5.36. The molecule has 1 amide bonds. The van der Waals surface area contributed by atoms with Crippen LogP contribution in [0.15, 0.2) is 48.8 Å². The van der Waals surface area contributed by atoms with E-state index in [1.807, 2.05) is 43.4 Å². The Hall–Kier alpha value is -2.44. The minimum atomic E-state index is -0.0295. The van der Waals surface area contributed by atoms with Gasteiger partial charge in [0.05, 0.1) is 24.5 Å². The molecule has 0 unspecified atom stereocenters. The lowest BCUT2D eigenvalue weighted by Crippen LogP contribution is -2.39. The van der Waals surface area contributed by atoms with Crippen LogP contribution in [0.4, 0.5) is 5.69 Å². The molecule has 0 atom stereocenters. The number of hydrogen-bond donors (Lipinski definition) is 1. The summed E-state index contributed by atoms with van der Waals surface area (Å²) in [5.74, 6) is -0.0295. The van der Waals surface area contributed by atoms with E-state index in [1.54, 1.807) is 17.3 Å². The molecule has 0 bridgehead atoms. The van der Waals surface area contributed by atoms with Crippen molar-refractivity contribution in [2.24, 2.45) is 0 Å². The van der Waals surface area contributed by atoms with Crippen molar-refractivity contribution in [3.8, 4) is 0 Å². The lowest BCUT2D eigenvalue weighted by molar-refractivity contribution is 0.0398. The fourth-order valence-corrected chi connectivity index (χ4v) is 2.99. The van der Waals surface area contributed by atoms with Crippen molar-refractivity contribution in [3.05, 3.63) is 59.9 Å². The molecular formula is C20H26N4O2. The highest BCUT2D eigenvalue weighted by atomic mass is 16.5. The zero-order valence-corrected chi connectivity index (χ0v) is 15.2. The van der Waals surface area contributed by atoms with Crippen LogP contribution in [0, 0.1) is 0 Å². The van der Waals surface area contributed by atoms with E-state index < -0.39 is 0 Å². The van der Waals surface area contributed by atoms with Gasteiger partial charge in [-0.3, -0.25) is 14.7 Å². The summed E-state index contributed by atoms with van der Waals surface area (Å²) in [5.41, 5.74) is 2.58. The van der Waals surface area contributed by atoms with E-state index in [1.165, 1.54) is 0 Å². The molecule has 26 heavy (non-hydrogen) atoms. The number of pyridine rings is 1. The Kier molecular flexibility index (Phi) is 6.57. The fraction of sp³-hybridized carbons (Fsp3) is 0.400. The van der Waals surface area contributed by atoms with Gasteiger partial charge in [0.15, 0.2) is 0 Å². The maximum Gasteiger partial charge on any atom is 0.255 e. The van der Waals surface area contributed by atoms with Crippen LogP contribution >= 0.6 is 0 Å². The van der Waals surface area contributed by atoms with E-state index in [4.69, 9.17) is 4.74 Å². The topological polar surface area (TPSA) is 57.7 Å². The third kappa shape index (κ3) is 5.28. The molecule has 1 fully saturated rings. The van der Waals surface area contributed by atoms with Crippen molar-refractivity contribution in [3.63, 3.8) is 0 Å². The number of aromatic nitrogens is 1. The highest BCUT2D eigenvalue weighted by Crippen LogP contribution is 2.12. The number of benzene rings is 1. The Labute approximate surface area is 154 Å². The lowest BCUT2D eigenvalue weighted by Gasteiger charge is -2.26. The van der Waals surface area contributed by atoms with Gasteiger partial charge in [-0.15, -0.1) is 0 Å². The monoisotopic (exact) mass is 354 g/mol. The highest BCUT2D eigenvalue weighted by Gasteiger charge is 2.13. The average molecular weight is 354 g/mol. The predicted molar refractivity (Wildman–Crippen MR) is 102 cm³/mol. The molecule has 6 heteroatoms. The maximum atomic E-state index is 12.7. The van der Waals surface area contributed by atoms with Crippen molar-refractivity contribution < 1.29 is 9.53 Å². The molecule has 1 aromatic carbocycles. The Morgan fingerprint density at radius 1 is 1.23 bits per heavy atom. The smallest absolute Gasteiger partial charge is 0.255 e. The normalized spacial score (nSPS) is 14.8. The molecule has 1 aliphatic heterocycles. The number of anilines is 1. The second-order valence-corrected chi connectivity index (χ2v) is 6.49. The van der Waals surface area contributed by atoms with Crippen molar-refractivity contribution in [1.82, 2.24) is 14.8 Å². The molecule has 1 saturated heterocycles. The number of carbonyl (C=O) groups excluding carboxylic acids is 1. The van der Waals surface area contributed by atoms with E-state index in [9.17, 15) is 4.79 Å². The van der Waals surface area contributed by atoms with Gasteiger partial charge < -0.3 is 15.0 Å². The fourth-order valence-electron chi connectivity index (χ4n) is 2.99. The third-order valence-electron chi connectivity index (χ3n) is 4.46. The van der Waals surface area contributed by atoms with Crippen LogP contribution in [0.1, 0.15) is 15.9 Å². The molecule has 2 heterocycles. The zero-order chi connectivity index (χ0) is 18.2. The molecular weight excluding hydrogens is 328 g/mol. The average Bonchev–Trinajstić information content (AvgIpc) is 2.69. The standard InChI is InChI=1S/C20H26N4O2/c1-23(16-17-5-3-2-4-6-17)20(25)18-13-19(15-21-14-18)22-7-8-24-9-11-26-12-10-24/h2-6,13-15,22H,7-12,16H2,1H3. The molecule has 138 valence electrons. The number of ether oxygens (including phenoxy) is 1. The summed E-state index contributed by atoms with van der Waals surface area (Å²) in [4.78, 5) is 21.0. The van der Waals surface area contributed by atoms with E-state index in [0.717, 1.165) is 50.6 Å². The van der Waals surface area contributed by atoms with Crippen LogP contribution in [-0.2, 0) is 11.3 Å². The number of morpholine rings is 1. The first-order valence-corrected chi connectivity index (χ1v) is 9.01.